The molecule has 0 saturated carbocycles. The number of phenolic OH excluding ortho intramolecular Hbond substituents is 1. The van der Waals surface area contributed by atoms with E-state index in [2.05, 4.69) is 10.3 Å². The van der Waals surface area contributed by atoms with Gasteiger partial charge in [0.05, 0.1) is 0 Å². The zero-order chi connectivity index (χ0) is 13.1. The highest BCUT2D eigenvalue weighted by Gasteiger charge is 2.10. The minimum absolute atomic E-state index is 0.0255. The zero-order valence-corrected chi connectivity index (χ0v) is 9.73. The molecule has 0 spiro atoms. The average molecular weight is 244 g/mol. The Morgan fingerprint density at radius 3 is 2.78 bits per heavy atom. The molecule has 1 heterocycles. The van der Waals surface area contributed by atoms with E-state index < -0.39 is 11.5 Å². The number of carbonyl (C=O) groups is 1. The summed E-state index contributed by atoms with van der Waals surface area (Å²) in [6, 6.07) is 7.78. The van der Waals surface area contributed by atoms with Crippen LogP contribution in [0.25, 0.3) is 0 Å². The van der Waals surface area contributed by atoms with E-state index in [0.717, 1.165) is 0 Å². The first-order chi connectivity index (χ1) is 8.58. The van der Waals surface area contributed by atoms with Crippen molar-refractivity contribution in [2.75, 3.05) is 5.32 Å². The van der Waals surface area contributed by atoms with E-state index in [9.17, 15) is 14.7 Å². The largest absolute Gasteiger partial charge is 0.508 e. The number of H-pyrrole nitrogens is 1. The molecule has 0 bridgehead atoms. The highest BCUT2D eigenvalue weighted by molar-refractivity contribution is 6.04. The van der Waals surface area contributed by atoms with E-state index in [0.29, 0.717) is 11.3 Å². The van der Waals surface area contributed by atoms with Gasteiger partial charge in [-0.25, -0.2) is 0 Å². The first-order valence-corrected chi connectivity index (χ1v) is 5.36. The van der Waals surface area contributed by atoms with Crippen LogP contribution in [0.4, 0.5) is 5.69 Å². The van der Waals surface area contributed by atoms with Crippen LogP contribution in [0.15, 0.2) is 41.3 Å². The van der Waals surface area contributed by atoms with Crippen LogP contribution in [-0.2, 0) is 0 Å². The van der Waals surface area contributed by atoms with E-state index in [4.69, 9.17) is 0 Å². The van der Waals surface area contributed by atoms with E-state index in [-0.39, 0.29) is 11.3 Å². The van der Waals surface area contributed by atoms with Crippen LogP contribution in [0.2, 0.25) is 0 Å². The third kappa shape index (κ3) is 2.40. The first-order valence-electron chi connectivity index (χ1n) is 5.36. The van der Waals surface area contributed by atoms with Gasteiger partial charge in [0.1, 0.15) is 11.3 Å². The number of nitrogens with one attached hydrogen (secondary N) is 2. The lowest BCUT2D eigenvalue weighted by Crippen LogP contribution is -2.22. The van der Waals surface area contributed by atoms with Crippen LogP contribution >= 0.6 is 0 Å². The number of aromatic amines is 1. The van der Waals surface area contributed by atoms with Crippen LogP contribution in [0.5, 0.6) is 5.75 Å². The summed E-state index contributed by atoms with van der Waals surface area (Å²) in [6.07, 6.45) is 1.46. The van der Waals surface area contributed by atoms with Gasteiger partial charge in [0.2, 0.25) is 0 Å². The number of amides is 1. The lowest BCUT2D eigenvalue weighted by atomic mass is 10.2. The van der Waals surface area contributed by atoms with Gasteiger partial charge in [0.15, 0.2) is 0 Å². The zero-order valence-electron chi connectivity index (χ0n) is 9.73. The highest BCUT2D eigenvalue weighted by Crippen LogP contribution is 2.20. The fourth-order valence-corrected chi connectivity index (χ4v) is 1.49. The molecule has 0 unspecified atom stereocenters. The smallest absolute Gasteiger partial charge is 0.261 e. The Balaban J connectivity index is 2.24. The van der Waals surface area contributed by atoms with Gasteiger partial charge in [0.25, 0.3) is 11.5 Å². The van der Waals surface area contributed by atoms with Crippen LogP contribution in [0, 0.1) is 6.92 Å². The molecule has 2 aromatic rings. The van der Waals surface area contributed by atoms with Crippen molar-refractivity contribution in [2.24, 2.45) is 0 Å². The first kappa shape index (κ1) is 11.9. The second kappa shape index (κ2) is 4.75. The van der Waals surface area contributed by atoms with E-state index in [1.54, 1.807) is 25.1 Å². The number of hydrogen-bond acceptors (Lipinski definition) is 3. The van der Waals surface area contributed by atoms with Gasteiger partial charge in [0, 0.05) is 18.0 Å². The molecule has 5 heteroatoms. The van der Waals surface area contributed by atoms with E-state index >= 15 is 0 Å². The maximum atomic E-state index is 11.8. The van der Waals surface area contributed by atoms with Gasteiger partial charge < -0.3 is 15.4 Å². The highest BCUT2D eigenvalue weighted by atomic mass is 16.3. The molecule has 18 heavy (non-hydrogen) atoms. The molecule has 0 saturated heterocycles. The predicted octanol–water partition coefficient (Wildman–Crippen LogP) is 1.64. The van der Waals surface area contributed by atoms with Crippen molar-refractivity contribution in [3.63, 3.8) is 0 Å². The predicted molar refractivity (Wildman–Crippen MR) is 67.9 cm³/mol. The van der Waals surface area contributed by atoms with Crippen molar-refractivity contribution in [1.29, 1.82) is 0 Å². The van der Waals surface area contributed by atoms with Crippen LogP contribution in [-0.4, -0.2) is 16.0 Å². The van der Waals surface area contributed by atoms with Crippen molar-refractivity contribution >= 4 is 11.6 Å². The minimum Gasteiger partial charge on any atom is -0.508 e. The van der Waals surface area contributed by atoms with Gasteiger partial charge in [-0.2, -0.15) is 0 Å². The molecule has 5 nitrogen and oxygen atoms in total. The summed E-state index contributed by atoms with van der Waals surface area (Å²) < 4.78 is 0. The number of carbonyl (C=O) groups excluding carboxylic acids is 1. The van der Waals surface area contributed by atoms with Gasteiger partial charge >= 0.3 is 0 Å². The molecule has 1 amide bonds. The third-order valence-electron chi connectivity index (χ3n) is 2.53. The number of aromatic nitrogens is 1. The van der Waals surface area contributed by atoms with Gasteiger partial charge in [-0.3, -0.25) is 9.59 Å². The lowest BCUT2D eigenvalue weighted by Gasteiger charge is -2.06. The molecule has 0 aliphatic heterocycles. The molecule has 0 fully saturated rings. The summed E-state index contributed by atoms with van der Waals surface area (Å²) in [6.45, 7) is 1.75. The Morgan fingerprint density at radius 2 is 2.11 bits per heavy atom. The molecule has 0 atom stereocenters. The number of phenols is 1. The quantitative estimate of drug-likeness (QED) is 0.751. The summed E-state index contributed by atoms with van der Waals surface area (Å²) >= 11 is 0. The molecule has 0 aliphatic carbocycles. The van der Waals surface area contributed by atoms with Crippen molar-refractivity contribution < 1.29 is 9.90 Å². The van der Waals surface area contributed by atoms with Crippen molar-refractivity contribution in [1.82, 2.24) is 4.98 Å². The van der Waals surface area contributed by atoms with Crippen molar-refractivity contribution in [3.8, 4) is 5.75 Å². The number of anilines is 1. The molecule has 0 radical (unpaired) electrons. The Kier molecular flexibility index (Phi) is 3.14. The second-order valence-corrected chi connectivity index (χ2v) is 3.87. The van der Waals surface area contributed by atoms with Crippen molar-refractivity contribution in [3.05, 3.63) is 58.0 Å². The molecule has 2 rings (SSSR count). The van der Waals surface area contributed by atoms with Gasteiger partial charge in [-0.15, -0.1) is 0 Å². The molecule has 0 aliphatic rings. The number of aromatic hydroxyl groups is 1. The van der Waals surface area contributed by atoms with Crippen LogP contribution in [0.3, 0.4) is 0 Å². The fraction of sp³-hybridized carbons (Fsp3) is 0.0769. The number of benzene rings is 1. The molecule has 1 aromatic carbocycles. The third-order valence-corrected chi connectivity index (χ3v) is 2.53. The maximum absolute atomic E-state index is 11.8. The van der Waals surface area contributed by atoms with E-state index in [1.165, 1.54) is 18.3 Å². The summed E-state index contributed by atoms with van der Waals surface area (Å²) in [5.74, 6) is -0.421. The number of hydrogen-bond donors (Lipinski definition) is 3. The monoisotopic (exact) mass is 244 g/mol. The summed E-state index contributed by atoms with van der Waals surface area (Å²) in [4.78, 5) is 25.6. The number of rotatable bonds is 2. The summed E-state index contributed by atoms with van der Waals surface area (Å²) in [7, 11) is 0. The lowest BCUT2D eigenvalue weighted by molar-refractivity contribution is 0.102. The average Bonchev–Trinajstić information content (AvgIpc) is 2.34. The maximum Gasteiger partial charge on any atom is 0.261 e. The molecule has 92 valence electrons. The van der Waals surface area contributed by atoms with Crippen LogP contribution in [0.1, 0.15) is 15.9 Å². The Bertz CT molecular complexity index is 647. The molecule has 1 aromatic heterocycles. The normalized spacial score (nSPS) is 10.1. The van der Waals surface area contributed by atoms with Gasteiger partial charge in [-0.1, -0.05) is 6.07 Å². The fourth-order valence-electron chi connectivity index (χ4n) is 1.49. The molecular formula is C13H12N2O3. The topological polar surface area (TPSA) is 82.2 Å². The molecular weight excluding hydrogens is 232 g/mol. The Morgan fingerprint density at radius 1 is 1.33 bits per heavy atom. The Labute approximate surface area is 103 Å². The van der Waals surface area contributed by atoms with Crippen molar-refractivity contribution in [2.45, 2.75) is 6.92 Å². The SMILES string of the molecule is Cc1ccc(NC(=O)c2ccc[nH]c2=O)cc1O. The summed E-state index contributed by atoms with van der Waals surface area (Å²) in [5, 5.41) is 12.1. The van der Waals surface area contributed by atoms with Crippen LogP contribution < -0.4 is 10.9 Å². The molecule has 3 N–H and O–H groups in total. The number of aryl methyl sites for hydroxylation is 1. The summed E-state index contributed by atoms with van der Waals surface area (Å²) in [5.41, 5.74) is 0.723. The Hall–Kier alpha value is -2.56. The number of pyridine rings is 1. The second-order valence-electron chi connectivity index (χ2n) is 3.87. The minimum atomic E-state index is -0.514. The van der Waals surface area contributed by atoms with E-state index in [1.807, 2.05) is 0 Å². The van der Waals surface area contributed by atoms with Gasteiger partial charge in [-0.05, 0) is 30.7 Å². The standard InChI is InChI=1S/C13H12N2O3/c1-8-4-5-9(7-11(8)16)15-13(18)10-3-2-6-14-12(10)17/h2-7,16H,1H3,(H,14,17)(H,15,18).